The Hall–Kier alpha value is -3.41. The Kier molecular flexibility index (Phi) is 5.35. The topological polar surface area (TPSA) is 77.5 Å². The zero-order valence-corrected chi connectivity index (χ0v) is 15.4. The van der Waals surface area contributed by atoms with Gasteiger partial charge >= 0.3 is 5.97 Å². The van der Waals surface area contributed by atoms with Gasteiger partial charge in [-0.1, -0.05) is 18.2 Å². The summed E-state index contributed by atoms with van der Waals surface area (Å²) in [5.41, 5.74) is 3.18. The molecule has 2 aromatic carbocycles. The summed E-state index contributed by atoms with van der Waals surface area (Å²) >= 11 is 0. The van der Waals surface area contributed by atoms with Gasteiger partial charge in [0, 0.05) is 11.1 Å². The van der Waals surface area contributed by atoms with E-state index in [-0.39, 0.29) is 6.61 Å². The maximum absolute atomic E-state index is 12.5. The van der Waals surface area contributed by atoms with Gasteiger partial charge in [-0.2, -0.15) is 0 Å². The van der Waals surface area contributed by atoms with Gasteiger partial charge < -0.3 is 14.8 Å². The molecule has 0 aliphatic heterocycles. The normalized spacial score (nSPS) is 10.5. The number of fused-ring (bicyclic) bond motifs is 1. The lowest BCUT2D eigenvalue weighted by atomic mass is 10.0. The van der Waals surface area contributed by atoms with Crippen LogP contribution in [0.1, 0.15) is 21.6 Å². The molecule has 27 heavy (non-hydrogen) atoms. The molecule has 0 saturated carbocycles. The molecule has 1 heterocycles. The zero-order chi connectivity index (χ0) is 19.4. The molecule has 0 aliphatic carbocycles. The minimum Gasteiger partial charge on any atom is -0.497 e. The number of anilines is 1. The van der Waals surface area contributed by atoms with Crippen LogP contribution in [0.25, 0.3) is 10.9 Å². The first-order chi connectivity index (χ1) is 13.0. The van der Waals surface area contributed by atoms with Crippen LogP contribution < -0.4 is 10.1 Å². The largest absolute Gasteiger partial charge is 0.497 e. The van der Waals surface area contributed by atoms with E-state index in [1.165, 1.54) is 0 Å². The number of hydrogen-bond donors (Lipinski definition) is 1. The van der Waals surface area contributed by atoms with Crippen LogP contribution in [0.4, 0.5) is 5.69 Å². The smallest absolute Gasteiger partial charge is 0.340 e. The highest BCUT2D eigenvalue weighted by Crippen LogP contribution is 2.23. The van der Waals surface area contributed by atoms with Crippen LogP contribution in [0, 0.1) is 13.8 Å². The fraction of sp³-hybridized carbons (Fsp3) is 0.190. The molecule has 3 rings (SSSR count). The van der Waals surface area contributed by atoms with E-state index in [1.807, 2.05) is 31.2 Å². The Morgan fingerprint density at radius 3 is 2.44 bits per heavy atom. The van der Waals surface area contributed by atoms with Crippen molar-refractivity contribution in [3.8, 4) is 5.75 Å². The second kappa shape index (κ2) is 7.86. The van der Waals surface area contributed by atoms with E-state index in [0.717, 1.165) is 16.5 Å². The van der Waals surface area contributed by atoms with Crippen LogP contribution in [0.15, 0.2) is 48.5 Å². The molecular weight excluding hydrogens is 344 g/mol. The number of para-hydroxylation sites is 1. The number of aromatic nitrogens is 1. The first-order valence-corrected chi connectivity index (χ1v) is 8.46. The van der Waals surface area contributed by atoms with Crippen molar-refractivity contribution in [1.82, 2.24) is 4.98 Å². The van der Waals surface area contributed by atoms with Crippen LogP contribution in [-0.4, -0.2) is 30.6 Å². The lowest BCUT2D eigenvalue weighted by Crippen LogP contribution is -2.22. The molecule has 0 aliphatic rings. The standard InChI is InChI=1S/C21H20N2O4/c1-13-17-6-4-5-7-18(17)22-14(2)20(13)21(25)27-12-19(24)23-15-8-10-16(26-3)11-9-15/h4-11H,12H2,1-3H3,(H,23,24). The third-order valence-electron chi connectivity index (χ3n) is 4.25. The quantitative estimate of drug-likeness (QED) is 0.699. The summed E-state index contributed by atoms with van der Waals surface area (Å²) < 4.78 is 10.3. The summed E-state index contributed by atoms with van der Waals surface area (Å²) in [5.74, 6) is -0.292. The van der Waals surface area contributed by atoms with E-state index in [2.05, 4.69) is 10.3 Å². The van der Waals surface area contributed by atoms with Crippen molar-refractivity contribution in [2.24, 2.45) is 0 Å². The Balaban J connectivity index is 1.68. The minimum atomic E-state index is -0.562. The second-order valence-electron chi connectivity index (χ2n) is 6.07. The molecule has 6 nitrogen and oxygen atoms in total. The number of carbonyl (C=O) groups is 2. The van der Waals surface area contributed by atoms with Crippen LogP contribution in [0.5, 0.6) is 5.75 Å². The lowest BCUT2D eigenvalue weighted by molar-refractivity contribution is -0.119. The van der Waals surface area contributed by atoms with Gasteiger partial charge in [0.2, 0.25) is 0 Å². The molecule has 0 atom stereocenters. The first kappa shape index (κ1) is 18.4. The predicted octanol–water partition coefficient (Wildman–Crippen LogP) is 3.66. The van der Waals surface area contributed by atoms with Gasteiger partial charge in [0.1, 0.15) is 5.75 Å². The average Bonchev–Trinajstić information content (AvgIpc) is 2.67. The molecule has 1 N–H and O–H groups in total. The number of amides is 1. The van der Waals surface area contributed by atoms with Gasteiger partial charge in [0.15, 0.2) is 6.61 Å². The highest BCUT2D eigenvalue weighted by Gasteiger charge is 2.18. The first-order valence-electron chi connectivity index (χ1n) is 8.46. The van der Waals surface area contributed by atoms with Gasteiger partial charge in [-0.05, 0) is 49.7 Å². The summed E-state index contributed by atoms with van der Waals surface area (Å²) in [6.45, 7) is 3.23. The van der Waals surface area contributed by atoms with E-state index < -0.39 is 11.9 Å². The van der Waals surface area contributed by atoms with E-state index in [1.54, 1.807) is 38.3 Å². The summed E-state index contributed by atoms with van der Waals surface area (Å²) in [7, 11) is 1.57. The van der Waals surface area contributed by atoms with Gasteiger partial charge in [0.25, 0.3) is 5.91 Å². The molecule has 0 bridgehead atoms. The maximum Gasteiger partial charge on any atom is 0.340 e. The fourth-order valence-electron chi connectivity index (χ4n) is 2.91. The van der Waals surface area contributed by atoms with Crippen LogP contribution in [0.3, 0.4) is 0 Å². The monoisotopic (exact) mass is 364 g/mol. The molecule has 1 aromatic heterocycles. The third-order valence-corrected chi connectivity index (χ3v) is 4.25. The fourth-order valence-corrected chi connectivity index (χ4v) is 2.91. The number of pyridine rings is 1. The molecule has 6 heteroatoms. The summed E-state index contributed by atoms with van der Waals surface area (Å²) in [6.07, 6.45) is 0. The second-order valence-corrected chi connectivity index (χ2v) is 6.07. The average molecular weight is 364 g/mol. The SMILES string of the molecule is COc1ccc(NC(=O)COC(=O)c2c(C)nc3ccccc3c2C)cc1. The summed E-state index contributed by atoms with van der Waals surface area (Å²) in [4.78, 5) is 29.0. The highest BCUT2D eigenvalue weighted by atomic mass is 16.5. The number of ether oxygens (including phenoxy) is 2. The van der Waals surface area contributed by atoms with Crippen molar-refractivity contribution in [2.75, 3.05) is 19.0 Å². The third kappa shape index (κ3) is 4.06. The molecular formula is C21H20N2O4. The molecule has 0 saturated heterocycles. The van der Waals surface area contributed by atoms with Crippen molar-refractivity contribution < 1.29 is 19.1 Å². The van der Waals surface area contributed by atoms with Crippen LogP contribution in [-0.2, 0) is 9.53 Å². The molecule has 0 fully saturated rings. The number of esters is 1. The number of methoxy groups -OCH3 is 1. The van der Waals surface area contributed by atoms with Crippen LogP contribution >= 0.6 is 0 Å². The zero-order valence-electron chi connectivity index (χ0n) is 15.4. The van der Waals surface area contributed by atoms with Crippen molar-refractivity contribution in [3.05, 3.63) is 65.4 Å². The van der Waals surface area contributed by atoms with Crippen molar-refractivity contribution in [2.45, 2.75) is 13.8 Å². The number of rotatable bonds is 5. The maximum atomic E-state index is 12.5. The number of benzene rings is 2. The number of nitrogens with zero attached hydrogens (tertiary/aromatic N) is 1. The van der Waals surface area contributed by atoms with Gasteiger partial charge in [-0.3, -0.25) is 9.78 Å². The highest BCUT2D eigenvalue weighted by molar-refractivity contribution is 6.00. The molecule has 0 spiro atoms. The number of nitrogens with one attached hydrogen (secondary N) is 1. The number of carbonyl (C=O) groups excluding carboxylic acids is 2. The van der Waals surface area contributed by atoms with E-state index >= 15 is 0 Å². The molecule has 3 aromatic rings. The molecule has 0 radical (unpaired) electrons. The Bertz CT molecular complexity index is 997. The predicted molar refractivity (Wildman–Crippen MR) is 103 cm³/mol. The molecule has 1 amide bonds. The molecule has 138 valence electrons. The van der Waals surface area contributed by atoms with Crippen molar-refractivity contribution in [3.63, 3.8) is 0 Å². The van der Waals surface area contributed by atoms with E-state index in [9.17, 15) is 9.59 Å². The van der Waals surface area contributed by atoms with Crippen molar-refractivity contribution in [1.29, 1.82) is 0 Å². The van der Waals surface area contributed by atoms with Gasteiger partial charge in [0.05, 0.1) is 23.9 Å². The molecule has 0 unspecified atom stereocenters. The Morgan fingerprint density at radius 1 is 1.04 bits per heavy atom. The van der Waals surface area contributed by atoms with Crippen LogP contribution in [0.2, 0.25) is 0 Å². The van der Waals surface area contributed by atoms with Gasteiger partial charge in [-0.15, -0.1) is 0 Å². The Morgan fingerprint density at radius 2 is 1.74 bits per heavy atom. The number of hydrogen-bond acceptors (Lipinski definition) is 5. The lowest BCUT2D eigenvalue weighted by Gasteiger charge is -2.12. The number of aryl methyl sites for hydroxylation is 2. The van der Waals surface area contributed by atoms with E-state index in [0.29, 0.717) is 22.7 Å². The summed E-state index contributed by atoms with van der Waals surface area (Å²) in [6, 6.07) is 14.5. The minimum absolute atomic E-state index is 0.378. The van der Waals surface area contributed by atoms with Crippen molar-refractivity contribution >= 4 is 28.5 Å². The summed E-state index contributed by atoms with van der Waals surface area (Å²) in [5, 5.41) is 3.56. The van der Waals surface area contributed by atoms with E-state index in [4.69, 9.17) is 9.47 Å². The Labute approximate surface area is 157 Å². The van der Waals surface area contributed by atoms with Gasteiger partial charge in [-0.25, -0.2) is 4.79 Å².